The minimum absolute atomic E-state index is 0.0657. The number of benzene rings is 6. The summed E-state index contributed by atoms with van der Waals surface area (Å²) in [5.41, 5.74) is 7.70. The molecule has 6 aromatic carbocycles. The third-order valence-corrected chi connectivity index (χ3v) is 8.20. The second kappa shape index (κ2) is 8.20. The fourth-order valence-corrected chi connectivity index (χ4v) is 6.30. The van der Waals surface area contributed by atoms with Crippen molar-refractivity contribution in [3.8, 4) is 16.8 Å². The summed E-state index contributed by atoms with van der Waals surface area (Å²) >= 11 is 0. The van der Waals surface area contributed by atoms with Crippen molar-refractivity contribution in [2.45, 2.75) is 0 Å². The lowest BCUT2D eigenvalue weighted by molar-refractivity contribution is 0.656. The van der Waals surface area contributed by atoms with Gasteiger partial charge in [0.05, 0.1) is 27.5 Å². The van der Waals surface area contributed by atoms with E-state index in [4.69, 9.17) is 8.83 Å². The van der Waals surface area contributed by atoms with E-state index in [0.29, 0.717) is 27.5 Å². The highest BCUT2D eigenvalue weighted by molar-refractivity contribution is 6.14. The molecule has 0 saturated carbocycles. The van der Waals surface area contributed by atoms with Crippen LogP contribution in [0, 0.1) is 0 Å². The Morgan fingerprint density at radius 1 is 0.439 bits per heavy atom. The van der Waals surface area contributed by atoms with E-state index in [0.717, 1.165) is 44.2 Å². The monoisotopic (exact) mass is 527 g/mol. The van der Waals surface area contributed by atoms with Gasteiger partial charge in [0.1, 0.15) is 16.7 Å². The van der Waals surface area contributed by atoms with Crippen LogP contribution in [0.3, 0.4) is 0 Å². The fraction of sp³-hybridized carbons (Fsp3) is 0. The van der Waals surface area contributed by atoms with Crippen LogP contribution in [0.4, 0.5) is 0 Å². The highest BCUT2D eigenvalue weighted by Gasteiger charge is 2.19. The van der Waals surface area contributed by atoms with Crippen LogP contribution < -0.4 is 5.43 Å². The van der Waals surface area contributed by atoms with E-state index in [1.807, 2.05) is 60.7 Å². The van der Waals surface area contributed by atoms with Crippen LogP contribution >= 0.6 is 0 Å². The lowest BCUT2D eigenvalue weighted by Gasteiger charge is -2.08. The van der Waals surface area contributed by atoms with Gasteiger partial charge in [0, 0.05) is 21.5 Å². The van der Waals surface area contributed by atoms with Gasteiger partial charge in [-0.05, 0) is 53.6 Å². The quantitative estimate of drug-likeness (QED) is 0.210. The van der Waals surface area contributed by atoms with Gasteiger partial charge in [0.25, 0.3) is 0 Å². The van der Waals surface area contributed by atoms with Gasteiger partial charge in [-0.2, -0.15) is 0 Å². The van der Waals surface area contributed by atoms with Crippen LogP contribution in [-0.2, 0) is 0 Å². The summed E-state index contributed by atoms with van der Waals surface area (Å²) in [5.74, 6) is 0. The molecule has 192 valence electrons. The normalized spacial score (nSPS) is 12.0. The van der Waals surface area contributed by atoms with E-state index in [1.54, 1.807) is 0 Å². The molecule has 3 aromatic heterocycles. The Labute approximate surface area is 233 Å². The van der Waals surface area contributed by atoms with Crippen molar-refractivity contribution in [3.63, 3.8) is 0 Å². The third kappa shape index (κ3) is 3.13. The zero-order valence-corrected chi connectivity index (χ0v) is 21.8. The molecule has 0 aliphatic heterocycles. The molecule has 0 aliphatic carbocycles. The van der Waals surface area contributed by atoms with Gasteiger partial charge in [0.15, 0.2) is 5.58 Å². The summed E-state index contributed by atoms with van der Waals surface area (Å²) in [4.78, 5) is 13.8. The summed E-state index contributed by atoms with van der Waals surface area (Å²) in [6.07, 6.45) is 0. The van der Waals surface area contributed by atoms with E-state index in [-0.39, 0.29) is 5.43 Å². The van der Waals surface area contributed by atoms with E-state index >= 15 is 0 Å². The van der Waals surface area contributed by atoms with E-state index < -0.39 is 0 Å². The maximum absolute atomic E-state index is 13.8. The molecular formula is C37H21NO3. The number of furan rings is 1. The van der Waals surface area contributed by atoms with Crippen LogP contribution in [0.15, 0.2) is 141 Å². The molecular weight excluding hydrogens is 506 g/mol. The Hall–Kier alpha value is -5.61. The predicted octanol–water partition coefficient (Wildman–Crippen LogP) is 9.61. The summed E-state index contributed by atoms with van der Waals surface area (Å²) < 4.78 is 15.1. The molecule has 9 aromatic rings. The Bertz CT molecular complexity index is 2500. The van der Waals surface area contributed by atoms with Crippen molar-refractivity contribution < 1.29 is 8.83 Å². The van der Waals surface area contributed by atoms with Gasteiger partial charge in [-0.3, -0.25) is 4.79 Å². The zero-order valence-electron chi connectivity index (χ0n) is 21.8. The molecule has 9 rings (SSSR count). The minimum Gasteiger partial charge on any atom is -0.456 e. The van der Waals surface area contributed by atoms with Gasteiger partial charge in [0.2, 0.25) is 5.43 Å². The number of hydrogen-bond donors (Lipinski definition) is 0. The van der Waals surface area contributed by atoms with Crippen molar-refractivity contribution >= 4 is 65.7 Å². The van der Waals surface area contributed by atoms with Crippen LogP contribution in [0.2, 0.25) is 0 Å². The highest BCUT2D eigenvalue weighted by atomic mass is 16.3. The zero-order chi connectivity index (χ0) is 27.1. The molecule has 0 bridgehead atoms. The molecule has 0 atom stereocenters. The topological polar surface area (TPSA) is 48.3 Å². The van der Waals surface area contributed by atoms with Crippen molar-refractivity contribution in [2.75, 3.05) is 0 Å². The first kappa shape index (κ1) is 22.2. The smallest absolute Gasteiger partial charge is 0.200 e. The maximum atomic E-state index is 13.8. The first-order chi connectivity index (χ1) is 20.2. The molecule has 4 nitrogen and oxygen atoms in total. The van der Waals surface area contributed by atoms with Crippen molar-refractivity contribution in [1.82, 2.24) is 4.57 Å². The van der Waals surface area contributed by atoms with Crippen molar-refractivity contribution in [3.05, 3.63) is 138 Å². The average molecular weight is 528 g/mol. The summed E-state index contributed by atoms with van der Waals surface area (Å²) in [7, 11) is 0. The molecule has 41 heavy (non-hydrogen) atoms. The second-order valence-corrected chi connectivity index (χ2v) is 10.5. The predicted molar refractivity (Wildman–Crippen MR) is 167 cm³/mol. The lowest BCUT2D eigenvalue weighted by atomic mass is 10.0. The summed E-state index contributed by atoms with van der Waals surface area (Å²) in [5, 5.41) is 5.34. The molecule has 0 radical (unpaired) electrons. The SMILES string of the molecule is O=c1c2cc(-c3ccccc3)ccc2oc2cc3c(cc12)oc1c(-n2c4ccccc4c4ccccc42)cccc13. The molecule has 0 unspecified atom stereocenters. The molecule has 0 amide bonds. The molecule has 0 spiro atoms. The number of fused-ring (bicyclic) bond motifs is 8. The van der Waals surface area contributed by atoms with Gasteiger partial charge < -0.3 is 13.4 Å². The molecule has 3 heterocycles. The molecule has 0 N–H and O–H groups in total. The van der Waals surface area contributed by atoms with Gasteiger partial charge >= 0.3 is 0 Å². The number of hydrogen-bond acceptors (Lipinski definition) is 3. The summed E-state index contributed by atoms with van der Waals surface area (Å²) in [6.45, 7) is 0. The lowest BCUT2D eigenvalue weighted by Crippen LogP contribution is -2.02. The number of aromatic nitrogens is 1. The van der Waals surface area contributed by atoms with Crippen LogP contribution in [-0.4, -0.2) is 4.57 Å². The van der Waals surface area contributed by atoms with Crippen LogP contribution in [0.25, 0.3) is 82.5 Å². The van der Waals surface area contributed by atoms with E-state index in [2.05, 4.69) is 71.3 Å². The molecule has 0 fully saturated rings. The average Bonchev–Trinajstić information content (AvgIpc) is 3.56. The van der Waals surface area contributed by atoms with Gasteiger partial charge in [-0.25, -0.2) is 0 Å². The third-order valence-electron chi connectivity index (χ3n) is 8.20. The van der Waals surface area contributed by atoms with Crippen molar-refractivity contribution in [1.29, 1.82) is 0 Å². The van der Waals surface area contributed by atoms with Gasteiger partial charge in [-0.15, -0.1) is 0 Å². The highest BCUT2D eigenvalue weighted by Crippen LogP contribution is 2.39. The molecule has 0 saturated heterocycles. The van der Waals surface area contributed by atoms with Crippen molar-refractivity contribution in [2.24, 2.45) is 0 Å². The Morgan fingerprint density at radius 2 is 1.07 bits per heavy atom. The van der Waals surface area contributed by atoms with Gasteiger partial charge in [-0.1, -0.05) is 84.9 Å². The largest absolute Gasteiger partial charge is 0.456 e. The molecule has 0 aliphatic rings. The standard InChI is InChI=1S/C37H21NO3/c39-36-28-19-23(22-9-2-1-3-10-22)17-18-33(28)40-35-20-27-26-13-8-16-32(37(26)41-34(27)21-29(35)36)38-30-14-6-4-11-24(30)25-12-5-7-15-31(25)38/h1-21H. The van der Waals surface area contributed by atoms with E-state index in [1.165, 1.54) is 10.8 Å². The minimum atomic E-state index is -0.0657. The Morgan fingerprint density at radius 3 is 1.85 bits per heavy atom. The Kier molecular flexibility index (Phi) is 4.44. The van der Waals surface area contributed by atoms with Crippen LogP contribution in [0.1, 0.15) is 0 Å². The number of rotatable bonds is 2. The number of nitrogens with zero attached hydrogens (tertiary/aromatic N) is 1. The summed E-state index contributed by atoms with van der Waals surface area (Å²) in [6, 6.07) is 42.7. The second-order valence-electron chi connectivity index (χ2n) is 10.5. The molecule has 4 heteroatoms. The number of para-hydroxylation sites is 3. The maximum Gasteiger partial charge on any atom is 0.200 e. The fourth-order valence-electron chi connectivity index (χ4n) is 6.30. The van der Waals surface area contributed by atoms with Crippen LogP contribution in [0.5, 0.6) is 0 Å². The first-order valence-electron chi connectivity index (χ1n) is 13.6. The Balaban J connectivity index is 1.32. The van der Waals surface area contributed by atoms with E-state index in [9.17, 15) is 4.79 Å². The first-order valence-corrected chi connectivity index (χ1v) is 13.6.